The number of nitrogens with one attached hydrogen (secondary N) is 1. The van der Waals surface area contributed by atoms with Crippen molar-refractivity contribution in [3.05, 3.63) is 48.5 Å². The second-order valence-corrected chi connectivity index (χ2v) is 3.25. The molecule has 0 amide bonds. The van der Waals surface area contributed by atoms with Gasteiger partial charge in [0.1, 0.15) is 12.1 Å². The first-order chi connectivity index (χ1) is 7.90. The molecule has 2 aromatic rings. The maximum absolute atomic E-state index is 5.24. The van der Waals surface area contributed by atoms with Crippen LogP contribution < -0.4 is 10.1 Å². The van der Waals surface area contributed by atoms with E-state index in [1.807, 2.05) is 30.3 Å². The van der Waals surface area contributed by atoms with Gasteiger partial charge in [0.25, 0.3) is 0 Å². The van der Waals surface area contributed by atoms with Gasteiger partial charge in [-0.05, 0) is 18.2 Å². The molecule has 0 fully saturated rings. The van der Waals surface area contributed by atoms with E-state index in [2.05, 4.69) is 15.3 Å². The van der Waals surface area contributed by atoms with Crippen LogP contribution in [-0.2, 0) is 6.54 Å². The molecule has 82 valence electrons. The normalized spacial score (nSPS) is 9.81. The van der Waals surface area contributed by atoms with E-state index in [4.69, 9.17) is 4.74 Å². The molecule has 16 heavy (non-hydrogen) atoms. The van der Waals surface area contributed by atoms with E-state index in [1.54, 1.807) is 19.6 Å². The van der Waals surface area contributed by atoms with E-state index in [1.165, 1.54) is 0 Å². The molecule has 1 aromatic heterocycles. The summed E-state index contributed by atoms with van der Waals surface area (Å²) in [5, 5.41) is 3.27. The van der Waals surface area contributed by atoms with Crippen molar-refractivity contribution in [3.8, 4) is 5.75 Å². The Morgan fingerprint density at radius 3 is 2.88 bits per heavy atom. The van der Waals surface area contributed by atoms with Crippen LogP contribution in [0.2, 0.25) is 0 Å². The minimum Gasteiger partial charge on any atom is -0.495 e. The zero-order valence-corrected chi connectivity index (χ0v) is 9.05. The summed E-state index contributed by atoms with van der Waals surface area (Å²) in [4.78, 5) is 8.01. The number of aromatic nitrogens is 2. The fraction of sp³-hybridized carbons (Fsp3) is 0.167. The van der Waals surface area contributed by atoms with Crippen LogP contribution in [0.3, 0.4) is 0 Å². The van der Waals surface area contributed by atoms with Gasteiger partial charge in [0.15, 0.2) is 0 Å². The Labute approximate surface area is 94.3 Å². The smallest absolute Gasteiger partial charge is 0.141 e. The third-order valence-corrected chi connectivity index (χ3v) is 2.21. The highest BCUT2D eigenvalue weighted by Crippen LogP contribution is 2.23. The summed E-state index contributed by atoms with van der Waals surface area (Å²) in [6.07, 6.45) is 3.27. The molecule has 0 bridgehead atoms. The van der Waals surface area contributed by atoms with Gasteiger partial charge in [-0.15, -0.1) is 0 Å². The summed E-state index contributed by atoms with van der Waals surface area (Å²) < 4.78 is 5.24. The van der Waals surface area contributed by atoms with Gasteiger partial charge in [0.2, 0.25) is 0 Å². The Balaban J connectivity index is 2.05. The first kappa shape index (κ1) is 10.4. The Hall–Kier alpha value is -2.10. The monoisotopic (exact) mass is 215 g/mol. The number of hydrogen-bond acceptors (Lipinski definition) is 4. The highest BCUT2D eigenvalue weighted by Gasteiger charge is 2.00. The molecule has 0 saturated carbocycles. The van der Waals surface area contributed by atoms with Crippen LogP contribution in [-0.4, -0.2) is 17.1 Å². The summed E-state index contributed by atoms with van der Waals surface area (Å²) >= 11 is 0. The molecule has 4 heteroatoms. The summed E-state index contributed by atoms with van der Waals surface area (Å²) in [7, 11) is 1.66. The number of rotatable bonds is 4. The van der Waals surface area contributed by atoms with E-state index < -0.39 is 0 Å². The van der Waals surface area contributed by atoms with Crippen molar-refractivity contribution in [1.82, 2.24) is 9.97 Å². The van der Waals surface area contributed by atoms with Crippen molar-refractivity contribution in [2.24, 2.45) is 0 Å². The van der Waals surface area contributed by atoms with E-state index in [0.29, 0.717) is 6.54 Å². The van der Waals surface area contributed by atoms with Gasteiger partial charge >= 0.3 is 0 Å². The molecule has 0 aliphatic carbocycles. The molecule has 1 N–H and O–H groups in total. The van der Waals surface area contributed by atoms with Gasteiger partial charge in [0, 0.05) is 6.20 Å². The Morgan fingerprint density at radius 1 is 1.25 bits per heavy atom. The summed E-state index contributed by atoms with van der Waals surface area (Å²) in [5.41, 5.74) is 1.91. The molecular weight excluding hydrogens is 202 g/mol. The zero-order chi connectivity index (χ0) is 11.2. The molecule has 0 unspecified atom stereocenters. The minimum absolute atomic E-state index is 0.656. The molecule has 2 rings (SSSR count). The van der Waals surface area contributed by atoms with Crippen LogP contribution in [0.25, 0.3) is 0 Å². The van der Waals surface area contributed by atoms with Crippen molar-refractivity contribution in [2.75, 3.05) is 12.4 Å². The highest BCUT2D eigenvalue weighted by molar-refractivity contribution is 5.56. The summed E-state index contributed by atoms with van der Waals surface area (Å²) in [6, 6.07) is 9.67. The molecule has 4 nitrogen and oxygen atoms in total. The molecule has 0 radical (unpaired) electrons. The van der Waals surface area contributed by atoms with Crippen LogP contribution >= 0.6 is 0 Å². The number of benzene rings is 1. The summed E-state index contributed by atoms with van der Waals surface area (Å²) in [6.45, 7) is 0.656. The lowest BCUT2D eigenvalue weighted by Gasteiger charge is -2.09. The maximum atomic E-state index is 5.24. The summed E-state index contributed by atoms with van der Waals surface area (Å²) in [5.74, 6) is 0.830. The van der Waals surface area contributed by atoms with E-state index >= 15 is 0 Å². The fourth-order valence-corrected chi connectivity index (χ4v) is 1.40. The number of para-hydroxylation sites is 2. The van der Waals surface area contributed by atoms with E-state index in [9.17, 15) is 0 Å². The van der Waals surface area contributed by atoms with Crippen LogP contribution in [0.15, 0.2) is 42.9 Å². The average molecular weight is 215 g/mol. The van der Waals surface area contributed by atoms with Crippen LogP contribution in [0.4, 0.5) is 5.69 Å². The van der Waals surface area contributed by atoms with Crippen molar-refractivity contribution in [2.45, 2.75) is 6.54 Å². The molecule has 0 aliphatic rings. The molecule has 0 spiro atoms. The van der Waals surface area contributed by atoms with Gasteiger partial charge in [-0.2, -0.15) is 0 Å². The van der Waals surface area contributed by atoms with E-state index in [0.717, 1.165) is 17.1 Å². The lowest BCUT2D eigenvalue weighted by Crippen LogP contribution is -2.02. The molecule has 0 atom stereocenters. The predicted octanol–water partition coefficient (Wildman–Crippen LogP) is 2.10. The Bertz CT molecular complexity index is 445. The second kappa shape index (κ2) is 5.11. The number of nitrogens with zero attached hydrogens (tertiary/aromatic N) is 2. The first-order valence-corrected chi connectivity index (χ1v) is 5.02. The van der Waals surface area contributed by atoms with E-state index in [-0.39, 0.29) is 0 Å². The topological polar surface area (TPSA) is 47.0 Å². The van der Waals surface area contributed by atoms with Gasteiger partial charge in [0.05, 0.1) is 25.0 Å². The van der Waals surface area contributed by atoms with Gasteiger partial charge < -0.3 is 10.1 Å². The van der Waals surface area contributed by atoms with Crippen molar-refractivity contribution in [1.29, 1.82) is 0 Å². The van der Waals surface area contributed by atoms with Crippen molar-refractivity contribution in [3.63, 3.8) is 0 Å². The molecular formula is C12H13N3O. The number of hydrogen-bond donors (Lipinski definition) is 1. The number of ether oxygens (including phenoxy) is 1. The SMILES string of the molecule is COc1ccccc1NCc1ccncn1. The van der Waals surface area contributed by atoms with Crippen LogP contribution in [0, 0.1) is 0 Å². The minimum atomic E-state index is 0.656. The first-order valence-electron chi connectivity index (χ1n) is 5.02. The quantitative estimate of drug-likeness (QED) is 0.848. The Kier molecular flexibility index (Phi) is 3.33. The van der Waals surface area contributed by atoms with Gasteiger partial charge in [-0.25, -0.2) is 9.97 Å². The third-order valence-electron chi connectivity index (χ3n) is 2.21. The lowest BCUT2D eigenvalue weighted by atomic mass is 10.3. The standard InChI is InChI=1S/C12H13N3O/c1-16-12-5-3-2-4-11(12)14-8-10-6-7-13-9-15-10/h2-7,9,14H,8H2,1H3. The van der Waals surface area contributed by atoms with Crippen molar-refractivity contribution >= 4 is 5.69 Å². The van der Waals surface area contributed by atoms with Gasteiger partial charge in [-0.1, -0.05) is 12.1 Å². The third kappa shape index (κ3) is 2.48. The highest BCUT2D eigenvalue weighted by atomic mass is 16.5. The lowest BCUT2D eigenvalue weighted by molar-refractivity contribution is 0.416. The molecule has 1 aromatic carbocycles. The number of methoxy groups -OCH3 is 1. The predicted molar refractivity (Wildman–Crippen MR) is 62.4 cm³/mol. The second-order valence-electron chi connectivity index (χ2n) is 3.25. The fourth-order valence-electron chi connectivity index (χ4n) is 1.40. The molecule has 1 heterocycles. The maximum Gasteiger partial charge on any atom is 0.141 e. The zero-order valence-electron chi connectivity index (χ0n) is 9.05. The van der Waals surface area contributed by atoms with Crippen LogP contribution in [0.1, 0.15) is 5.69 Å². The molecule has 0 saturated heterocycles. The average Bonchev–Trinajstić information content (AvgIpc) is 2.38. The molecule has 0 aliphatic heterocycles. The van der Waals surface area contributed by atoms with Crippen LogP contribution in [0.5, 0.6) is 5.75 Å². The number of anilines is 1. The van der Waals surface area contributed by atoms with Crippen molar-refractivity contribution < 1.29 is 4.74 Å². The largest absolute Gasteiger partial charge is 0.495 e. The van der Waals surface area contributed by atoms with Gasteiger partial charge in [-0.3, -0.25) is 0 Å². The Morgan fingerprint density at radius 2 is 2.12 bits per heavy atom.